The van der Waals surface area contributed by atoms with Crippen molar-refractivity contribution in [2.75, 3.05) is 0 Å². The normalized spacial score (nSPS) is 11.1. The summed E-state index contributed by atoms with van der Waals surface area (Å²) in [5.74, 6) is -0.0843. The Morgan fingerprint density at radius 1 is 0.920 bits per heavy atom. The second-order valence-electron chi connectivity index (χ2n) is 5.81. The Bertz CT molecular complexity index is 1210. The first-order valence-electron chi connectivity index (χ1n) is 7.79. The van der Waals surface area contributed by atoms with Crippen LogP contribution in [0.3, 0.4) is 0 Å². The molecule has 0 bridgehead atoms. The summed E-state index contributed by atoms with van der Waals surface area (Å²) in [7, 11) is 0. The highest BCUT2D eigenvalue weighted by molar-refractivity contribution is 5.92. The standard InChI is InChI=1S/C19H15N3O3/c1-12-6-2-5-9-15(12)21-18(24)20-22(19(21)25)17-14-8-4-3-7-13(14)10-11-16(17)23/h2-11,23H,1H3,(H,20,24). The molecule has 4 rings (SSSR count). The molecule has 25 heavy (non-hydrogen) atoms. The van der Waals surface area contributed by atoms with Crippen molar-refractivity contribution in [1.29, 1.82) is 0 Å². The zero-order valence-electron chi connectivity index (χ0n) is 13.4. The lowest BCUT2D eigenvalue weighted by Crippen LogP contribution is -2.27. The van der Waals surface area contributed by atoms with Crippen molar-refractivity contribution >= 4 is 10.8 Å². The number of phenols is 1. The Kier molecular flexibility index (Phi) is 3.32. The molecule has 124 valence electrons. The van der Waals surface area contributed by atoms with Gasteiger partial charge in [-0.15, -0.1) is 0 Å². The summed E-state index contributed by atoms with van der Waals surface area (Å²) in [5.41, 5.74) is 0.437. The minimum absolute atomic E-state index is 0.0843. The number of aryl methyl sites for hydroxylation is 1. The summed E-state index contributed by atoms with van der Waals surface area (Å²) in [4.78, 5) is 25.4. The van der Waals surface area contributed by atoms with E-state index in [0.717, 1.165) is 20.2 Å². The number of aromatic hydroxyl groups is 1. The van der Waals surface area contributed by atoms with Gasteiger partial charge in [-0.05, 0) is 30.0 Å². The molecular weight excluding hydrogens is 318 g/mol. The van der Waals surface area contributed by atoms with Crippen LogP contribution in [0.1, 0.15) is 5.56 Å². The van der Waals surface area contributed by atoms with E-state index >= 15 is 0 Å². The molecule has 0 saturated carbocycles. The van der Waals surface area contributed by atoms with Gasteiger partial charge < -0.3 is 5.11 Å². The number of H-pyrrole nitrogens is 1. The molecule has 6 nitrogen and oxygen atoms in total. The van der Waals surface area contributed by atoms with Gasteiger partial charge in [0.2, 0.25) is 0 Å². The molecule has 3 aromatic carbocycles. The highest BCUT2D eigenvalue weighted by Crippen LogP contribution is 2.29. The van der Waals surface area contributed by atoms with Gasteiger partial charge in [-0.1, -0.05) is 48.5 Å². The third kappa shape index (κ3) is 2.27. The van der Waals surface area contributed by atoms with Crippen LogP contribution < -0.4 is 11.4 Å². The quantitative estimate of drug-likeness (QED) is 0.591. The summed E-state index contributed by atoms with van der Waals surface area (Å²) in [6.07, 6.45) is 0. The molecule has 1 heterocycles. The third-order valence-electron chi connectivity index (χ3n) is 4.25. The number of rotatable bonds is 2. The smallest absolute Gasteiger partial charge is 0.356 e. The van der Waals surface area contributed by atoms with Crippen LogP contribution in [-0.4, -0.2) is 19.5 Å². The van der Waals surface area contributed by atoms with Gasteiger partial charge in [-0.3, -0.25) is 0 Å². The van der Waals surface area contributed by atoms with Gasteiger partial charge in [-0.2, -0.15) is 4.68 Å². The van der Waals surface area contributed by atoms with Gasteiger partial charge in [0, 0.05) is 5.39 Å². The van der Waals surface area contributed by atoms with Gasteiger partial charge in [0.15, 0.2) is 0 Å². The fraction of sp³-hybridized carbons (Fsp3) is 0.0526. The number of phenolic OH excluding ortho intramolecular Hbond substituents is 1. The second kappa shape index (κ2) is 5.52. The second-order valence-corrected chi connectivity index (χ2v) is 5.81. The topological polar surface area (TPSA) is 80.0 Å². The van der Waals surface area contributed by atoms with E-state index in [4.69, 9.17) is 0 Å². The van der Waals surface area contributed by atoms with Gasteiger partial charge in [0.25, 0.3) is 0 Å². The van der Waals surface area contributed by atoms with Crippen molar-refractivity contribution in [3.8, 4) is 17.1 Å². The maximum absolute atomic E-state index is 12.9. The van der Waals surface area contributed by atoms with E-state index in [-0.39, 0.29) is 11.4 Å². The van der Waals surface area contributed by atoms with E-state index in [0.29, 0.717) is 11.1 Å². The molecule has 0 saturated heterocycles. The number of fused-ring (bicyclic) bond motifs is 1. The van der Waals surface area contributed by atoms with Crippen LogP contribution in [0, 0.1) is 6.92 Å². The zero-order valence-corrected chi connectivity index (χ0v) is 13.4. The van der Waals surface area contributed by atoms with E-state index < -0.39 is 11.4 Å². The summed E-state index contributed by atoms with van der Waals surface area (Å²) >= 11 is 0. The molecule has 2 N–H and O–H groups in total. The van der Waals surface area contributed by atoms with Gasteiger partial charge in [0.05, 0.1) is 5.69 Å². The Labute approximate surface area is 142 Å². The monoisotopic (exact) mass is 333 g/mol. The van der Waals surface area contributed by atoms with E-state index in [1.165, 1.54) is 6.07 Å². The van der Waals surface area contributed by atoms with Crippen molar-refractivity contribution in [3.63, 3.8) is 0 Å². The number of aromatic nitrogens is 3. The van der Waals surface area contributed by atoms with Crippen molar-refractivity contribution in [1.82, 2.24) is 14.3 Å². The van der Waals surface area contributed by atoms with Crippen molar-refractivity contribution in [3.05, 3.63) is 87.2 Å². The van der Waals surface area contributed by atoms with Crippen LogP contribution >= 0.6 is 0 Å². The number of aromatic amines is 1. The Hall–Kier alpha value is -3.54. The fourth-order valence-electron chi connectivity index (χ4n) is 3.04. The lowest BCUT2D eigenvalue weighted by Gasteiger charge is -2.08. The maximum Gasteiger partial charge on any atom is 0.356 e. The molecule has 0 amide bonds. The zero-order chi connectivity index (χ0) is 17.6. The molecule has 0 unspecified atom stereocenters. The van der Waals surface area contributed by atoms with Crippen LogP contribution in [0.4, 0.5) is 0 Å². The predicted octanol–water partition coefficient (Wildman–Crippen LogP) is 2.48. The molecule has 0 aliphatic carbocycles. The highest BCUT2D eigenvalue weighted by Gasteiger charge is 2.18. The van der Waals surface area contributed by atoms with E-state index in [1.807, 2.05) is 37.3 Å². The molecule has 0 radical (unpaired) electrons. The molecule has 0 fully saturated rings. The first kappa shape index (κ1) is 15.0. The van der Waals surface area contributed by atoms with Crippen LogP contribution in [0.2, 0.25) is 0 Å². The Morgan fingerprint density at radius 3 is 2.44 bits per heavy atom. The Morgan fingerprint density at radius 2 is 1.64 bits per heavy atom. The predicted molar refractivity (Wildman–Crippen MR) is 95.9 cm³/mol. The van der Waals surface area contributed by atoms with Crippen molar-refractivity contribution in [2.24, 2.45) is 0 Å². The SMILES string of the molecule is Cc1ccccc1-n1c(=O)[nH]n(-c2c(O)ccc3ccccc23)c1=O. The molecule has 6 heteroatoms. The molecule has 4 aromatic rings. The summed E-state index contributed by atoms with van der Waals surface area (Å²) in [5, 5.41) is 14.4. The van der Waals surface area contributed by atoms with Crippen LogP contribution in [-0.2, 0) is 0 Å². The molecule has 0 aliphatic heterocycles. The minimum Gasteiger partial charge on any atom is -0.506 e. The van der Waals surface area contributed by atoms with Crippen molar-refractivity contribution < 1.29 is 5.11 Å². The summed E-state index contributed by atoms with van der Waals surface area (Å²) < 4.78 is 2.16. The van der Waals surface area contributed by atoms with Crippen LogP contribution in [0.25, 0.3) is 22.1 Å². The highest BCUT2D eigenvalue weighted by atomic mass is 16.3. The fourth-order valence-corrected chi connectivity index (χ4v) is 3.04. The van der Waals surface area contributed by atoms with Gasteiger partial charge in [-0.25, -0.2) is 19.3 Å². The molecule has 0 aliphatic rings. The largest absolute Gasteiger partial charge is 0.506 e. The first-order chi connectivity index (χ1) is 12.1. The number of hydrogen-bond donors (Lipinski definition) is 2. The lowest BCUT2D eigenvalue weighted by molar-refractivity contribution is 0.470. The summed E-state index contributed by atoms with van der Waals surface area (Å²) in [6, 6.07) is 17.8. The first-order valence-corrected chi connectivity index (χ1v) is 7.79. The number of hydrogen-bond acceptors (Lipinski definition) is 3. The lowest BCUT2D eigenvalue weighted by atomic mass is 10.1. The van der Waals surface area contributed by atoms with Crippen LogP contribution in [0.5, 0.6) is 5.75 Å². The average molecular weight is 333 g/mol. The minimum atomic E-state index is -0.564. The van der Waals surface area contributed by atoms with E-state index in [1.54, 1.807) is 24.3 Å². The molecule has 0 atom stereocenters. The van der Waals surface area contributed by atoms with E-state index in [9.17, 15) is 14.7 Å². The molecular formula is C19H15N3O3. The van der Waals surface area contributed by atoms with Gasteiger partial charge in [0.1, 0.15) is 11.4 Å². The molecule has 0 spiro atoms. The number of nitrogens with one attached hydrogen (secondary N) is 1. The Balaban J connectivity index is 2.07. The van der Waals surface area contributed by atoms with Crippen LogP contribution in [0.15, 0.2) is 70.3 Å². The third-order valence-corrected chi connectivity index (χ3v) is 4.25. The number of nitrogens with zero attached hydrogens (tertiary/aromatic N) is 2. The van der Waals surface area contributed by atoms with Gasteiger partial charge >= 0.3 is 11.4 Å². The number of para-hydroxylation sites is 1. The maximum atomic E-state index is 12.9. The van der Waals surface area contributed by atoms with Crippen molar-refractivity contribution in [2.45, 2.75) is 6.92 Å². The summed E-state index contributed by atoms with van der Waals surface area (Å²) in [6.45, 7) is 1.83. The molecule has 1 aromatic heterocycles. The number of benzene rings is 3. The van der Waals surface area contributed by atoms with E-state index in [2.05, 4.69) is 5.10 Å². The average Bonchev–Trinajstić information content (AvgIpc) is 2.90.